The first-order valence-electron chi connectivity index (χ1n) is 11.6. The molecule has 0 bridgehead atoms. The van der Waals surface area contributed by atoms with E-state index in [9.17, 15) is 18.0 Å². The molecule has 0 heterocycles. The molecule has 35 heavy (non-hydrogen) atoms. The van der Waals surface area contributed by atoms with Crippen molar-refractivity contribution in [1.29, 1.82) is 0 Å². The van der Waals surface area contributed by atoms with E-state index in [1.807, 2.05) is 30.3 Å². The van der Waals surface area contributed by atoms with Gasteiger partial charge in [0.15, 0.2) is 6.61 Å². The Hall–Kier alpha value is -3.54. The normalized spacial score (nSPS) is 11.2. The maximum Gasteiger partial charge on any atom is 0.422 e. The molecule has 3 aromatic rings. The summed E-state index contributed by atoms with van der Waals surface area (Å²) in [4.78, 5) is 11.7. The van der Waals surface area contributed by atoms with E-state index in [-0.39, 0.29) is 5.56 Å². The van der Waals surface area contributed by atoms with Gasteiger partial charge in [-0.05, 0) is 65.8 Å². The number of carbonyl (C=O) groups excluding carboxylic acids is 1. The SMILES string of the molecule is C=Cc1ccc(CCCCCCOc2ccc(-c3ccc(C(=O)OCC(F)(F)F)cc3)cc2)cc1. The maximum atomic E-state index is 12.2. The van der Waals surface area contributed by atoms with Crippen LogP contribution >= 0.6 is 0 Å². The van der Waals surface area contributed by atoms with Gasteiger partial charge < -0.3 is 9.47 Å². The number of hydrogen-bond acceptors (Lipinski definition) is 3. The van der Waals surface area contributed by atoms with Crippen molar-refractivity contribution in [3.63, 3.8) is 0 Å². The van der Waals surface area contributed by atoms with Gasteiger partial charge in [-0.2, -0.15) is 13.2 Å². The van der Waals surface area contributed by atoms with E-state index in [0.29, 0.717) is 6.61 Å². The van der Waals surface area contributed by atoms with Crippen molar-refractivity contribution < 1.29 is 27.4 Å². The number of halogens is 3. The lowest BCUT2D eigenvalue weighted by Gasteiger charge is -2.09. The van der Waals surface area contributed by atoms with Crippen LogP contribution in [0.1, 0.15) is 47.2 Å². The Morgan fingerprint density at radius 1 is 0.800 bits per heavy atom. The van der Waals surface area contributed by atoms with Gasteiger partial charge in [-0.15, -0.1) is 0 Å². The first-order valence-corrected chi connectivity index (χ1v) is 11.6. The Morgan fingerprint density at radius 3 is 2.00 bits per heavy atom. The number of esters is 1. The van der Waals surface area contributed by atoms with Crippen LogP contribution in [0, 0.1) is 0 Å². The Morgan fingerprint density at radius 2 is 1.40 bits per heavy atom. The summed E-state index contributed by atoms with van der Waals surface area (Å²) in [5, 5.41) is 0. The van der Waals surface area contributed by atoms with Crippen molar-refractivity contribution in [2.24, 2.45) is 0 Å². The van der Waals surface area contributed by atoms with Crippen LogP contribution in [0.3, 0.4) is 0 Å². The van der Waals surface area contributed by atoms with Gasteiger partial charge in [-0.1, -0.05) is 74.0 Å². The fourth-order valence-corrected chi connectivity index (χ4v) is 3.57. The Balaban J connectivity index is 1.35. The molecule has 0 saturated heterocycles. The van der Waals surface area contributed by atoms with Crippen LogP contribution in [-0.4, -0.2) is 25.4 Å². The van der Waals surface area contributed by atoms with Gasteiger partial charge in [-0.3, -0.25) is 0 Å². The van der Waals surface area contributed by atoms with Crippen LogP contribution in [0.4, 0.5) is 13.2 Å². The molecule has 0 aliphatic heterocycles. The highest BCUT2D eigenvalue weighted by Gasteiger charge is 2.29. The molecule has 3 aromatic carbocycles. The largest absolute Gasteiger partial charge is 0.494 e. The zero-order valence-electron chi connectivity index (χ0n) is 19.5. The van der Waals surface area contributed by atoms with Gasteiger partial charge in [0.05, 0.1) is 12.2 Å². The third kappa shape index (κ3) is 8.96. The molecule has 0 aliphatic rings. The average molecular weight is 483 g/mol. The number of benzene rings is 3. The minimum Gasteiger partial charge on any atom is -0.494 e. The third-order valence-electron chi connectivity index (χ3n) is 5.52. The zero-order valence-corrected chi connectivity index (χ0v) is 19.5. The number of rotatable bonds is 12. The Kier molecular flexibility index (Phi) is 9.53. The summed E-state index contributed by atoms with van der Waals surface area (Å²) in [5.41, 5.74) is 4.31. The number of alkyl halides is 3. The summed E-state index contributed by atoms with van der Waals surface area (Å²) < 4.78 is 46.7. The molecule has 0 unspecified atom stereocenters. The second kappa shape index (κ2) is 12.8. The van der Waals surface area contributed by atoms with Crippen LogP contribution in [-0.2, 0) is 11.2 Å². The predicted molar refractivity (Wildman–Crippen MR) is 132 cm³/mol. The molecule has 6 heteroatoms. The van der Waals surface area contributed by atoms with Crippen molar-refractivity contribution in [2.75, 3.05) is 13.2 Å². The second-order valence-electron chi connectivity index (χ2n) is 8.25. The Bertz CT molecular complexity index is 1070. The average Bonchev–Trinajstić information content (AvgIpc) is 2.87. The van der Waals surface area contributed by atoms with Crippen LogP contribution in [0.25, 0.3) is 17.2 Å². The monoisotopic (exact) mass is 482 g/mol. The molecular formula is C29H29F3O3. The summed E-state index contributed by atoms with van der Waals surface area (Å²) in [7, 11) is 0. The summed E-state index contributed by atoms with van der Waals surface area (Å²) >= 11 is 0. The molecule has 0 aliphatic carbocycles. The van der Waals surface area contributed by atoms with Crippen molar-refractivity contribution in [3.05, 3.63) is 96.1 Å². The van der Waals surface area contributed by atoms with E-state index in [4.69, 9.17) is 4.74 Å². The second-order valence-corrected chi connectivity index (χ2v) is 8.25. The van der Waals surface area contributed by atoms with E-state index in [1.54, 1.807) is 12.1 Å². The van der Waals surface area contributed by atoms with E-state index in [0.717, 1.165) is 54.5 Å². The lowest BCUT2D eigenvalue weighted by Crippen LogP contribution is -2.20. The van der Waals surface area contributed by atoms with Crippen molar-refractivity contribution in [3.8, 4) is 16.9 Å². The zero-order chi connectivity index (χ0) is 25.1. The lowest BCUT2D eigenvalue weighted by atomic mass is 10.0. The van der Waals surface area contributed by atoms with E-state index < -0.39 is 18.8 Å². The first kappa shape index (κ1) is 26.1. The molecule has 0 spiro atoms. The highest BCUT2D eigenvalue weighted by molar-refractivity contribution is 5.90. The van der Waals surface area contributed by atoms with Crippen molar-refractivity contribution >= 4 is 12.0 Å². The number of unbranched alkanes of at least 4 members (excludes halogenated alkanes) is 3. The van der Waals surface area contributed by atoms with Gasteiger partial charge in [0.1, 0.15) is 5.75 Å². The van der Waals surface area contributed by atoms with Crippen LogP contribution < -0.4 is 4.74 Å². The van der Waals surface area contributed by atoms with E-state index >= 15 is 0 Å². The summed E-state index contributed by atoms with van der Waals surface area (Å²) in [6.45, 7) is 2.83. The van der Waals surface area contributed by atoms with Crippen molar-refractivity contribution in [1.82, 2.24) is 0 Å². The number of carbonyl (C=O) groups is 1. The predicted octanol–water partition coefficient (Wildman–Crippen LogP) is 7.90. The molecule has 0 saturated carbocycles. The molecule has 3 nitrogen and oxygen atoms in total. The third-order valence-corrected chi connectivity index (χ3v) is 5.52. The standard InChI is InChI=1S/C29H29F3O3/c1-2-22-8-10-23(11-9-22)7-5-3-4-6-20-34-27-18-16-25(17-19-27)24-12-14-26(15-13-24)28(33)35-21-29(30,31)32/h2,8-19H,1,3-7,20-21H2. The molecule has 0 aromatic heterocycles. The summed E-state index contributed by atoms with van der Waals surface area (Å²) in [5.74, 6) is -0.219. The highest BCUT2D eigenvalue weighted by atomic mass is 19.4. The van der Waals surface area contributed by atoms with Gasteiger partial charge in [-0.25, -0.2) is 4.79 Å². The lowest BCUT2D eigenvalue weighted by molar-refractivity contribution is -0.161. The fourth-order valence-electron chi connectivity index (χ4n) is 3.57. The van der Waals surface area contributed by atoms with Gasteiger partial charge >= 0.3 is 12.1 Å². The van der Waals surface area contributed by atoms with Crippen LogP contribution in [0.2, 0.25) is 0 Å². The fraction of sp³-hybridized carbons (Fsp3) is 0.276. The molecule has 3 rings (SSSR count). The smallest absolute Gasteiger partial charge is 0.422 e. The van der Waals surface area contributed by atoms with E-state index in [2.05, 4.69) is 35.6 Å². The van der Waals surface area contributed by atoms with Gasteiger partial charge in [0.2, 0.25) is 0 Å². The number of ether oxygens (including phenoxy) is 2. The van der Waals surface area contributed by atoms with E-state index in [1.165, 1.54) is 17.7 Å². The number of hydrogen-bond donors (Lipinski definition) is 0. The van der Waals surface area contributed by atoms with Crippen LogP contribution in [0.5, 0.6) is 5.75 Å². The molecule has 0 amide bonds. The van der Waals surface area contributed by atoms with Crippen LogP contribution in [0.15, 0.2) is 79.4 Å². The maximum absolute atomic E-state index is 12.2. The molecule has 0 N–H and O–H groups in total. The first-order chi connectivity index (χ1) is 16.8. The van der Waals surface area contributed by atoms with Crippen molar-refractivity contribution in [2.45, 2.75) is 38.3 Å². The summed E-state index contributed by atoms with van der Waals surface area (Å²) in [6, 6.07) is 22.3. The summed E-state index contributed by atoms with van der Waals surface area (Å²) in [6.07, 6.45) is 2.80. The Labute approximate surface area is 204 Å². The van der Waals surface area contributed by atoms with Gasteiger partial charge in [0.25, 0.3) is 0 Å². The molecular weight excluding hydrogens is 453 g/mol. The molecule has 0 atom stereocenters. The molecule has 184 valence electrons. The topological polar surface area (TPSA) is 35.5 Å². The minimum absolute atomic E-state index is 0.0727. The quantitative estimate of drug-likeness (QED) is 0.194. The number of aryl methyl sites for hydroxylation is 1. The highest BCUT2D eigenvalue weighted by Crippen LogP contribution is 2.24. The molecule has 0 radical (unpaired) electrons. The van der Waals surface area contributed by atoms with Gasteiger partial charge in [0, 0.05) is 0 Å². The minimum atomic E-state index is -4.54. The molecule has 0 fully saturated rings.